The zero-order chi connectivity index (χ0) is 22.1. The molecule has 0 saturated heterocycles. The van der Waals surface area contributed by atoms with Gasteiger partial charge in [0.15, 0.2) is 11.5 Å². The number of carbonyl (C=O) groups is 1. The van der Waals surface area contributed by atoms with Gasteiger partial charge in [0.25, 0.3) is 5.56 Å². The fraction of sp³-hybridized carbons (Fsp3) is 0.200. The Balaban J connectivity index is 1.37. The average Bonchev–Trinajstić information content (AvgIpc) is 3.20. The van der Waals surface area contributed by atoms with Gasteiger partial charge in [-0.2, -0.15) is 0 Å². The van der Waals surface area contributed by atoms with Crippen LogP contribution in [-0.2, 0) is 17.9 Å². The summed E-state index contributed by atoms with van der Waals surface area (Å²) in [6.07, 6.45) is 3.57. The van der Waals surface area contributed by atoms with Crippen molar-refractivity contribution in [3.05, 3.63) is 88.5 Å². The summed E-state index contributed by atoms with van der Waals surface area (Å²) in [6.45, 7) is 3.55. The van der Waals surface area contributed by atoms with Crippen molar-refractivity contribution in [2.75, 3.05) is 18.5 Å². The number of amides is 1. The summed E-state index contributed by atoms with van der Waals surface area (Å²) in [4.78, 5) is 25.8. The highest BCUT2D eigenvalue weighted by Crippen LogP contribution is 2.32. The lowest BCUT2D eigenvalue weighted by Crippen LogP contribution is -2.28. The maximum absolute atomic E-state index is 13.2. The number of hydrogen-bond donors (Lipinski definition) is 1. The number of pyridine rings is 1. The summed E-state index contributed by atoms with van der Waals surface area (Å²) >= 11 is 0. The summed E-state index contributed by atoms with van der Waals surface area (Å²) < 4.78 is 14.4. The Labute approximate surface area is 184 Å². The molecule has 7 nitrogen and oxygen atoms in total. The number of benzene rings is 2. The van der Waals surface area contributed by atoms with Crippen LogP contribution in [0.1, 0.15) is 11.1 Å². The molecule has 0 radical (unpaired) electrons. The molecule has 0 fully saturated rings. The van der Waals surface area contributed by atoms with E-state index < -0.39 is 0 Å². The van der Waals surface area contributed by atoms with Crippen LogP contribution in [0.4, 0.5) is 5.69 Å². The minimum absolute atomic E-state index is 0.0846. The highest BCUT2D eigenvalue weighted by atomic mass is 16.6. The van der Waals surface area contributed by atoms with Crippen molar-refractivity contribution in [2.24, 2.45) is 0 Å². The third kappa shape index (κ3) is 3.85. The van der Waals surface area contributed by atoms with E-state index in [4.69, 9.17) is 9.47 Å². The van der Waals surface area contributed by atoms with Crippen LogP contribution in [0, 0.1) is 6.92 Å². The molecule has 0 aliphatic carbocycles. The lowest BCUT2D eigenvalue weighted by atomic mass is 10.1. The lowest BCUT2D eigenvalue weighted by molar-refractivity contribution is -0.116. The van der Waals surface area contributed by atoms with Crippen LogP contribution in [0.2, 0.25) is 0 Å². The summed E-state index contributed by atoms with van der Waals surface area (Å²) in [7, 11) is 0. The summed E-state index contributed by atoms with van der Waals surface area (Å²) in [6, 6.07) is 17.1. The van der Waals surface area contributed by atoms with E-state index in [0.29, 0.717) is 42.5 Å². The average molecular weight is 429 g/mol. The van der Waals surface area contributed by atoms with E-state index in [9.17, 15) is 9.59 Å². The fourth-order valence-corrected chi connectivity index (χ4v) is 3.95. The molecule has 2 aromatic heterocycles. The topological polar surface area (TPSA) is 74.5 Å². The van der Waals surface area contributed by atoms with Gasteiger partial charge >= 0.3 is 0 Å². The molecular weight excluding hydrogens is 406 g/mol. The maximum atomic E-state index is 13.2. The molecule has 5 rings (SSSR count). The Morgan fingerprint density at radius 1 is 0.969 bits per heavy atom. The van der Waals surface area contributed by atoms with Gasteiger partial charge in [-0.15, -0.1) is 0 Å². The van der Waals surface area contributed by atoms with Crippen LogP contribution in [-0.4, -0.2) is 28.3 Å². The van der Waals surface area contributed by atoms with E-state index in [0.717, 1.165) is 10.9 Å². The van der Waals surface area contributed by atoms with Crippen molar-refractivity contribution in [3.63, 3.8) is 0 Å². The normalized spacial score (nSPS) is 12.7. The Morgan fingerprint density at radius 3 is 2.53 bits per heavy atom. The first kappa shape index (κ1) is 19.9. The van der Waals surface area contributed by atoms with Gasteiger partial charge in [0.05, 0.1) is 0 Å². The van der Waals surface area contributed by atoms with E-state index in [-0.39, 0.29) is 18.0 Å². The Bertz CT molecular complexity index is 1370. The Hall–Kier alpha value is -4.00. The lowest BCUT2D eigenvalue weighted by Gasteiger charge is -2.19. The molecular formula is C25H23N3O4. The number of hydrogen-bond acceptors (Lipinski definition) is 4. The van der Waals surface area contributed by atoms with Crippen LogP contribution in [0.3, 0.4) is 0 Å². The van der Waals surface area contributed by atoms with Crippen LogP contribution < -0.4 is 20.3 Å². The molecule has 0 atom stereocenters. The second kappa shape index (κ2) is 8.26. The zero-order valence-corrected chi connectivity index (χ0v) is 17.7. The van der Waals surface area contributed by atoms with E-state index in [1.54, 1.807) is 24.4 Å². The smallest absolute Gasteiger partial charge is 0.275 e. The SMILES string of the molecule is Cc1ccccc1Cn1ccc2ccn(CC(=O)Nc3ccc4c(c3)OCCO4)c(=O)c21. The molecule has 1 N–H and O–H groups in total. The molecule has 1 aliphatic heterocycles. The maximum Gasteiger partial charge on any atom is 0.275 e. The minimum Gasteiger partial charge on any atom is -0.486 e. The van der Waals surface area contributed by atoms with Gasteiger partial charge in [-0.25, -0.2) is 0 Å². The van der Waals surface area contributed by atoms with Crippen molar-refractivity contribution in [2.45, 2.75) is 20.0 Å². The van der Waals surface area contributed by atoms with E-state index in [2.05, 4.69) is 24.4 Å². The number of aromatic nitrogens is 2. The quantitative estimate of drug-likeness (QED) is 0.526. The van der Waals surface area contributed by atoms with Gasteiger partial charge in [-0.3, -0.25) is 9.59 Å². The number of anilines is 1. The molecule has 1 amide bonds. The second-order valence-electron chi connectivity index (χ2n) is 7.83. The number of fused-ring (bicyclic) bond motifs is 2. The van der Waals surface area contributed by atoms with Crippen molar-refractivity contribution in [1.82, 2.24) is 9.13 Å². The minimum atomic E-state index is -0.292. The number of ether oxygens (including phenoxy) is 2. The van der Waals surface area contributed by atoms with Crippen LogP contribution >= 0.6 is 0 Å². The van der Waals surface area contributed by atoms with Crippen LogP contribution in [0.5, 0.6) is 11.5 Å². The summed E-state index contributed by atoms with van der Waals surface area (Å²) in [5.41, 5.74) is 3.30. The third-order valence-corrected chi connectivity index (χ3v) is 5.63. The van der Waals surface area contributed by atoms with Crippen LogP contribution in [0.15, 0.2) is 71.8 Å². The molecule has 1 aliphatic rings. The second-order valence-corrected chi connectivity index (χ2v) is 7.83. The van der Waals surface area contributed by atoms with Gasteiger partial charge in [-0.1, -0.05) is 24.3 Å². The van der Waals surface area contributed by atoms with E-state index in [1.807, 2.05) is 35.0 Å². The van der Waals surface area contributed by atoms with Gasteiger partial charge in [0, 0.05) is 36.1 Å². The number of nitrogens with one attached hydrogen (secondary N) is 1. The molecule has 0 unspecified atom stereocenters. The van der Waals surface area contributed by atoms with Gasteiger partial charge in [0.1, 0.15) is 25.3 Å². The highest BCUT2D eigenvalue weighted by molar-refractivity contribution is 5.91. The predicted octanol–water partition coefficient (Wildman–Crippen LogP) is 3.57. The molecule has 7 heteroatoms. The molecule has 32 heavy (non-hydrogen) atoms. The van der Waals surface area contributed by atoms with Gasteiger partial charge < -0.3 is 23.9 Å². The Kier molecular flexibility index (Phi) is 5.15. The molecule has 162 valence electrons. The molecule has 4 aromatic rings. The molecule has 0 spiro atoms. The fourth-order valence-electron chi connectivity index (χ4n) is 3.95. The summed E-state index contributed by atoms with van der Waals surface area (Å²) in [5, 5.41) is 3.68. The first-order valence-electron chi connectivity index (χ1n) is 10.5. The molecule has 0 bridgehead atoms. The first-order valence-corrected chi connectivity index (χ1v) is 10.5. The van der Waals surface area contributed by atoms with Crippen LogP contribution in [0.25, 0.3) is 10.9 Å². The highest BCUT2D eigenvalue weighted by Gasteiger charge is 2.15. The summed E-state index contributed by atoms with van der Waals surface area (Å²) in [5.74, 6) is 0.965. The van der Waals surface area contributed by atoms with E-state index >= 15 is 0 Å². The van der Waals surface area contributed by atoms with Gasteiger partial charge in [-0.05, 0) is 42.3 Å². The number of carbonyl (C=O) groups excluding carboxylic acids is 1. The predicted molar refractivity (Wildman–Crippen MR) is 123 cm³/mol. The van der Waals surface area contributed by atoms with Gasteiger partial charge in [0.2, 0.25) is 5.91 Å². The molecule has 0 saturated carbocycles. The van der Waals surface area contributed by atoms with Crippen molar-refractivity contribution in [3.8, 4) is 11.5 Å². The van der Waals surface area contributed by atoms with Crippen molar-refractivity contribution >= 4 is 22.5 Å². The van der Waals surface area contributed by atoms with Crippen molar-refractivity contribution in [1.29, 1.82) is 0 Å². The number of nitrogens with zero attached hydrogens (tertiary/aromatic N) is 2. The third-order valence-electron chi connectivity index (χ3n) is 5.63. The number of aryl methyl sites for hydroxylation is 1. The zero-order valence-electron chi connectivity index (χ0n) is 17.7. The first-order chi connectivity index (χ1) is 15.6. The molecule has 3 heterocycles. The van der Waals surface area contributed by atoms with Crippen molar-refractivity contribution < 1.29 is 14.3 Å². The van der Waals surface area contributed by atoms with E-state index in [1.165, 1.54) is 10.1 Å². The standard InChI is InChI=1S/C25H23N3O4/c1-17-4-2-3-5-19(17)15-27-10-8-18-9-11-28(25(30)24(18)27)16-23(29)26-20-6-7-21-22(14-20)32-13-12-31-21/h2-11,14H,12-13,15-16H2,1H3,(H,26,29). The number of rotatable bonds is 5. The Morgan fingerprint density at radius 2 is 1.72 bits per heavy atom. The molecule has 2 aromatic carbocycles. The largest absolute Gasteiger partial charge is 0.486 e. The monoisotopic (exact) mass is 429 g/mol.